The second kappa shape index (κ2) is 3.64. The van der Waals surface area contributed by atoms with E-state index in [9.17, 15) is 0 Å². The Morgan fingerprint density at radius 3 is 1.87 bits per heavy atom. The van der Waals surface area contributed by atoms with E-state index in [-0.39, 0.29) is 0 Å². The van der Waals surface area contributed by atoms with E-state index in [4.69, 9.17) is 9.05 Å². The fourth-order valence-electron chi connectivity index (χ4n) is 2.91. The van der Waals surface area contributed by atoms with Gasteiger partial charge in [0.15, 0.2) is 0 Å². The molecule has 15 heavy (non-hydrogen) atoms. The highest BCUT2D eigenvalue weighted by Gasteiger charge is 2.72. The van der Waals surface area contributed by atoms with Crippen LogP contribution in [0, 0.1) is 0 Å². The van der Waals surface area contributed by atoms with Crippen LogP contribution in [0.1, 0.15) is 26.7 Å². The molecule has 1 spiro atoms. The first-order valence-corrected chi connectivity index (χ1v) is 7.57. The van der Waals surface area contributed by atoms with Crippen molar-refractivity contribution in [2.75, 3.05) is 26.3 Å². The monoisotopic (exact) mass is 231 g/mol. The molecule has 0 amide bonds. The SMILES string of the molecule is CC[C@@H]1CO[P+]23OC[C@@H](CC)N2CCN13. The fraction of sp³-hybridized carbons (Fsp3) is 1.00. The number of hydrogen-bond donors (Lipinski definition) is 0. The molecule has 5 heteroatoms. The summed E-state index contributed by atoms with van der Waals surface area (Å²) in [5.41, 5.74) is 0. The smallest absolute Gasteiger partial charge is 0.170 e. The second-order valence-corrected chi connectivity index (χ2v) is 7.06. The van der Waals surface area contributed by atoms with Crippen molar-refractivity contribution in [3.63, 3.8) is 0 Å². The lowest BCUT2D eigenvalue weighted by Crippen LogP contribution is -2.28. The summed E-state index contributed by atoms with van der Waals surface area (Å²) in [5, 5.41) is 0. The van der Waals surface area contributed by atoms with Crippen molar-refractivity contribution in [2.45, 2.75) is 38.8 Å². The Labute approximate surface area is 92.1 Å². The van der Waals surface area contributed by atoms with E-state index in [0.29, 0.717) is 12.1 Å². The maximum Gasteiger partial charge on any atom is 0.437 e. The first-order chi connectivity index (χ1) is 7.31. The summed E-state index contributed by atoms with van der Waals surface area (Å²) >= 11 is 0. The predicted octanol–water partition coefficient (Wildman–Crippen LogP) is 1.90. The van der Waals surface area contributed by atoms with Crippen LogP contribution >= 0.6 is 8.02 Å². The van der Waals surface area contributed by atoms with E-state index >= 15 is 0 Å². The first kappa shape index (κ1) is 10.4. The molecular weight excluding hydrogens is 211 g/mol. The van der Waals surface area contributed by atoms with Gasteiger partial charge >= 0.3 is 8.02 Å². The lowest BCUT2D eigenvalue weighted by atomic mass is 10.2. The fourth-order valence-corrected chi connectivity index (χ4v) is 6.58. The van der Waals surface area contributed by atoms with Gasteiger partial charge in [0.1, 0.15) is 13.2 Å². The molecule has 0 aromatic carbocycles. The van der Waals surface area contributed by atoms with Gasteiger partial charge in [-0.15, -0.1) is 9.34 Å². The molecular formula is C10H20N2O2P+. The molecule has 3 rings (SSSR count). The zero-order valence-electron chi connectivity index (χ0n) is 9.56. The lowest BCUT2D eigenvalue weighted by molar-refractivity contribution is 0.268. The third kappa shape index (κ3) is 1.26. The van der Waals surface area contributed by atoms with Gasteiger partial charge in [0.25, 0.3) is 0 Å². The molecule has 0 N–H and O–H groups in total. The van der Waals surface area contributed by atoms with Crippen LogP contribution in [0.5, 0.6) is 0 Å². The van der Waals surface area contributed by atoms with Crippen LogP contribution in [0.15, 0.2) is 0 Å². The number of hydrogen-bond acceptors (Lipinski definition) is 4. The van der Waals surface area contributed by atoms with Gasteiger partial charge in [0.2, 0.25) is 0 Å². The molecule has 3 aliphatic rings. The zero-order valence-corrected chi connectivity index (χ0v) is 10.4. The quantitative estimate of drug-likeness (QED) is 0.678. The number of rotatable bonds is 2. The van der Waals surface area contributed by atoms with Crippen molar-refractivity contribution in [3.8, 4) is 0 Å². The van der Waals surface area contributed by atoms with E-state index < -0.39 is 8.02 Å². The van der Waals surface area contributed by atoms with Crippen LogP contribution in [0.2, 0.25) is 0 Å². The summed E-state index contributed by atoms with van der Waals surface area (Å²) in [4.78, 5) is 0. The molecule has 4 nitrogen and oxygen atoms in total. The topological polar surface area (TPSA) is 24.9 Å². The summed E-state index contributed by atoms with van der Waals surface area (Å²) in [6.07, 6.45) is 2.35. The first-order valence-electron chi connectivity index (χ1n) is 6.04. The summed E-state index contributed by atoms with van der Waals surface area (Å²) in [7, 11) is -1.75. The van der Waals surface area contributed by atoms with Crippen LogP contribution in [-0.2, 0) is 9.05 Å². The average Bonchev–Trinajstić information content (AvgIpc) is 2.85. The molecule has 0 aliphatic carbocycles. The normalized spacial score (nSPS) is 39.6. The molecule has 0 bridgehead atoms. The van der Waals surface area contributed by atoms with Gasteiger partial charge < -0.3 is 0 Å². The minimum absolute atomic E-state index is 0.596. The molecule has 0 saturated carbocycles. The Kier molecular flexibility index (Phi) is 2.53. The average molecular weight is 231 g/mol. The highest BCUT2D eigenvalue weighted by molar-refractivity contribution is 7.62. The maximum absolute atomic E-state index is 6.06. The van der Waals surface area contributed by atoms with Crippen LogP contribution in [0.25, 0.3) is 0 Å². The molecule has 3 heterocycles. The summed E-state index contributed by atoms with van der Waals surface area (Å²) in [6.45, 7) is 8.51. The van der Waals surface area contributed by atoms with Crippen LogP contribution in [0.4, 0.5) is 0 Å². The Morgan fingerprint density at radius 2 is 1.47 bits per heavy atom. The summed E-state index contributed by atoms with van der Waals surface area (Å²) < 4.78 is 17.2. The van der Waals surface area contributed by atoms with E-state index in [2.05, 4.69) is 23.2 Å². The molecule has 0 unspecified atom stereocenters. The van der Waals surface area contributed by atoms with E-state index in [1.807, 2.05) is 0 Å². The van der Waals surface area contributed by atoms with E-state index in [1.54, 1.807) is 0 Å². The molecule has 3 saturated heterocycles. The van der Waals surface area contributed by atoms with Crippen molar-refractivity contribution >= 4 is 8.02 Å². The van der Waals surface area contributed by atoms with Gasteiger partial charge in [-0.1, -0.05) is 13.8 Å². The summed E-state index contributed by atoms with van der Waals surface area (Å²) in [5.74, 6) is 0. The zero-order chi connectivity index (χ0) is 10.5. The number of nitrogens with zero attached hydrogens (tertiary/aromatic N) is 2. The van der Waals surface area contributed by atoms with E-state index in [1.165, 1.54) is 12.8 Å². The molecule has 2 atom stereocenters. The molecule has 3 fully saturated rings. The van der Waals surface area contributed by atoms with Gasteiger partial charge in [-0.3, -0.25) is 0 Å². The standard InChI is InChI=1S/C10H20N2O2P/c1-3-9-7-13-15-11(9)5-6-12(15)10(4-2)8-14-15/h9-10H,3-8H2,1-2H3/q+1/t9-,10-,15?/m1/s1. The Morgan fingerprint density at radius 1 is 1.00 bits per heavy atom. The van der Waals surface area contributed by atoms with Crippen LogP contribution in [0.3, 0.4) is 0 Å². The Bertz CT molecular complexity index is 238. The van der Waals surface area contributed by atoms with Crippen molar-refractivity contribution in [2.24, 2.45) is 0 Å². The highest BCUT2D eigenvalue weighted by atomic mass is 31.2. The van der Waals surface area contributed by atoms with Gasteiger partial charge in [-0.25, -0.2) is 0 Å². The van der Waals surface area contributed by atoms with Crippen molar-refractivity contribution in [1.82, 2.24) is 9.34 Å². The van der Waals surface area contributed by atoms with Gasteiger partial charge in [-0.05, 0) is 12.8 Å². The molecule has 0 aromatic heterocycles. The van der Waals surface area contributed by atoms with Crippen molar-refractivity contribution < 1.29 is 9.05 Å². The second-order valence-electron chi connectivity index (χ2n) is 4.53. The molecule has 3 aliphatic heterocycles. The van der Waals surface area contributed by atoms with Crippen LogP contribution < -0.4 is 0 Å². The Balaban J connectivity index is 1.86. The van der Waals surface area contributed by atoms with Gasteiger partial charge in [0, 0.05) is 0 Å². The minimum Gasteiger partial charge on any atom is -0.170 e. The lowest BCUT2D eigenvalue weighted by Gasteiger charge is -2.20. The third-order valence-electron chi connectivity index (χ3n) is 3.86. The van der Waals surface area contributed by atoms with Gasteiger partial charge in [-0.2, -0.15) is 9.05 Å². The molecule has 0 aromatic rings. The Hall–Kier alpha value is 0.270. The summed E-state index contributed by atoms with van der Waals surface area (Å²) in [6, 6.07) is 1.19. The molecule has 0 radical (unpaired) electrons. The van der Waals surface area contributed by atoms with Gasteiger partial charge in [0.05, 0.1) is 25.2 Å². The van der Waals surface area contributed by atoms with Crippen molar-refractivity contribution in [1.29, 1.82) is 0 Å². The molecule has 86 valence electrons. The minimum atomic E-state index is -1.75. The highest BCUT2D eigenvalue weighted by Crippen LogP contribution is 2.77. The predicted molar refractivity (Wildman–Crippen MR) is 60.4 cm³/mol. The van der Waals surface area contributed by atoms with E-state index in [0.717, 1.165) is 26.3 Å². The third-order valence-corrected chi connectivity index (χ3v) is 7.19. The largest absolute Gasteiger partial charge is 0.437 e. The maximum atomic E-state index is 6.06. The van der Waals surface area contributed by atoms with Crippen molar-refractivity contribution in [3.05, 3.63) is 0 Å². The van der Waals surface area contributed by atoms with Crippen LogP contribution in [-0.4, -0.2) is 47.7 Å².